The Balaban J connectivity index is 3.42. The summed E-state index contributed by atoms with van der Waals surface area (Å²) in [6, 6.07) is -0.0268. The van der Waals surface area contributed by atoms with E-state index in [0.29, 0.717) is 0 Å². The Labute approximate surface area is 125 Å². The fourth-order valence-corrected chi connectivity index (χ4v) is 1.46. The maximum Gasteiger partial charge on any atom is 0.393 e. The molecule has 1 heterocycles. The molecule has 0 radical (unpaired) electrons. The first kappa shape index (κ1) is 19.8. The zero-order valence-electron chi connectivity index (χ0n) is 10.3. The van der Waals surface area contributed by atoms with Gasteiger partial charge in [0.05, 0.1) is 12.3 Å². The van der Waals surface area contributed by atoms with Gasteiger partial charge in [0.15, 0.2) is 0 Å². The molecule has 0 aliphatic carbocycles. The molecule has 0 aliphatic heterocycles. The van der Waals surface area contributed by atoms with Crippen LogP contribution in [0.1, 0.15) is 11.4 Å². The lowest BCUT2D eigenvalue weighted by atomic mass is 9.96. The highest BCUT2D eigenvalue weighted by atomic mass is 35.5. The Morgan fingerprint density at radius 3 is 1.74 bits per heavy atom. The number of H-pyrrole nitrogens is 1. The van der Waals surface area contributed by atoms with E-state index < -0.39 is 47.1 Å². The van der Waals surface area contributed by atoms with Crippen LogP contribution in [-0.4, -0.2) is 38.5 Å². The molecule has 0 atom stereocenters. The van der Waals surface area contributed by atoms with E-state index in [1.165, 1.54) is 5.10 Å². The van der Waals surface area contributed by atoms with Gasteiger partial charge in [-0.15, -0.1) is 0 Å². The summed E-state index contributed by atoms with van der Waals surface area (Å²) in [7, 11) is 0. The smallest absolute Gasteiger partial charge is 0.390 e. The molecule has 0 spiro atoms. The summed E-state index contributed by atoms with van der Waals surface area (Å²) in [5.41, 5.74) is -2.81. The van der Waals surface area contributed by atoms with Crippen molar-refractivity contribution in [1.29, 1.82) is 0 Å². The molecule has 1 aromatic heterocycles. The van der Waals surface area contributed by atoms with Crippen LogP contribution in [0, 0.1) is 0 Å². The monoisotopic (exact) mass is 382 g/mol. The Morgan fingerprint density at radius 1 is 0.913 bits per heavy atom. The van der Waals surface area contributed by atoms with Gasteiger partial charge >= 0.3 is 29.1 Å². The van der Waals surface area contributed by atoms with Gasteiger partial charge in [0.1, 0.15) is 5.69 Å². The van der Waals surface area contributed by atoms with Gasteiger partial charge in [0.2, 0.25) is 0 Å². The van der Waals surface area contributed by atoms with E-state index in [9.17, 15) is 43.9 Å². The zero-order valence-corrected chi connectivity index (χ0v) is 11.1. The van der Waals surface area contributed by atoms with Gasteiger partial charge in [-0.3, -0.25) is 5.10 Å². The lowest BCUT2D eigenvalue weighted by molar-refractivity contribution is -0.393. The highest BCUT2D eigenvalue weighted by Gasteiger charge is 2.86. The van der Waals surface area contributed by atoms with E-state index >= 15 is 0 Å². The third-order valence-electron chi connectivity index (χ3n) is 2.66. The standard InChI is InChI=1S/C9H5ClF10N2O/c10-9(19,20)8(17,18)7(15,16)6(13,14)5(11,12)4-1-3(2-23)21-22-4/h1,23H,2H2,(H,21,22). The molecule has 0 aromatic carbocycles. The highest BCUT2D eigenvalue weighted by Crippen LogP contribution is 2.60. The molecule has 0 aliphatic rings. The second-order valence-corrected chi connectivity index (χ2v) is 4.71. The normalized spacial score (nSPS) is 15.1. The molecule has 14 heteroatoms. The van der Waals surface area contributed by atoms with E-state index in [1.807, 2.05) is 0 Å². The fourth-order valence-electron chi connectivity index (χ4n) is 1.34. The van der Waals surface area contributed by atoms with E-state index in [-0.39, 0.29) is 6.07 Å². The van der Waals surface area contributed by atoms with Crippen molar-refractivity contribution < 1.29 is 49.0 Å². The van der Waals surface area contributed by atoms with Crippen LogP contribution < -0.4 is 0 Å². The number of aromatic nitrogens is 2. The topological polar surface area (TPSA) is 48.9 Å². The average Bonchev–Trinajstić information content (AvgIpc) is 2.85. The summed E-state index contributed by atoms with van der Waals surface area (Å²) in [5, 5.41) is 6.29. The SMILES string of the molecule is OCc1cc(C(F)(F)C(F)(F)C(F)(F)C(F)(F)C(F)(F)Cl)n[nH]1. The quantitative estimate of drug-likeness (QED) is 0.582. The lowest BCUT2D eigenvalue weighted by Crippen LogP contribution is -2.65. The van der Waals surface area contributed by atoms with Crippen LogP contribution in [0.2, 0.25) is 0 Å². The first-order valence-corrected chi connectivity index (χ1v) is 5.65. The van der Waals surface area contributed by atoms with Crippen LogP contribution in [0.15, 0.2) is 6.07 Å². The van der Waals surface area contributed by atoms with Crippen molar-refractivity contribution >= 4 is 11.6 Å². The zero-order chi connectivity index (χ0) is 18.5. The fraction of sp³-hybridized carbons (Fsp3) is 0.667. The number of nitrogens with zero attached hydrogens (tertiary/aromatic N) is 1. The molecule has 134 valence electrons. The number of rotatable bonds is 6. The number of hydrogen-bond acceptors (Lipinski definition) is 2. The molecule has 1 rings (SSSR count). The van der Waals surface area contributed by atoms with Crippen molar-refractivity contribution in [2.24, 2.45) is 0 Å². The minimum Gasteiger partial charge on any atom is -0.390 e. The third kappa shape index (κ3) is 2.73. The summed E-state index contributed by atoms with van der Waals surface area (Å²) < 4.78 is 130. The number of hydrogen-bond donors (Lipinski definition) is 2. The van der Waals surface area contributed by atoms with Crippen LogP contribution >= 0.6 is 11.6 Å². The Bertz CT molecular complexity index is 567. The van der Waals surface area contributed by atoms with Gasteiger partial charge in [0, 0.05) is 0 Å². The van der Waals surface area contributed by atoms with Gasteiger partial charge in [-0.2, -0.15) is 49.0 Å². The number of aliphatic hydroxyl groups excluding tert-OH is 1. The van der Waals surface area contributed by atoms with Crippen molar-refractivity contribution in [3.8, 4) is 0 Å². The van der Waals surface area contributed by atoms with Gasteiger partial charge in [-0.05, 0) is 17.7 Å². The van der Waals surface area contributed by atoms with Crippen LogP contribution in [0.25, 0.3) is 0 Å². The number of aromatic amines is 1. The predicted octanol–water partition coefficient (Wildman–Crippen LogP) is 3.73. The lowest BCUT2D eigenvalue weighted by Gasteiger charge is -2.37. The number of nitrogens with one attached hydrogen (secondary N) is 1. The second-order valence-electron chi connectivity index (χ2n) is 4.23. The molecular formula is C9H5ClF10N2O. The predicted molar refractivity (Wildman–Crippen MR) is 54.0 cm³/mol. The van der Waals surface area contributed by atoms with E-state index in [4.69, 9.17) is 5.11 Å². The Hall–Kier alpha value is -1.24. The minimum absolute atomic E-state index is 0.0268. The largest absolute Gasteiger partial charge is 0.393 e. The maximum atomic E-state index is 13.5. The second kappa shape index (κ2) is 5.40. The van der Waals surface area contributed by atoms with Crippen molar-refractivity contribution in [1.82, 2.24) is 10.2 Å². The van der Waals surface area contributed by atoms with Crippen molar-refractivity contribution in [2.75, 3.05) is 0 Å². The van der Waals surface area contributed by atoms with Crippen molar-refractivity contribution in [2.45, 2.75) is 35.7 Å². The molecule has 0 bridgehead atoms. The van der Waals surface area contributed by atoms with Crippen molar-refractivity contribution in [3.63, 3.8) is 0 Å². The average molecular weight is 383 g/mol. The van der Waals surface area contributed by atoms with Gasteiger partial charge < -0.3 is 5.11 Å². The van der Waals surface area contributed by atoms with Crippen LogP contribution in [0.3, 0.4) is 0 Å². The third-order valence-corrected chi connectivity index (χ3v) is 2.90. The summed E-state index contributed by atoms with van der Waals surface area (Å²) in [6.07, 6.45) is 0. The molecule has 23 heavy (non-hydrogen) atoms. The van der Waals surface area contributed by atoms with Crippen LogP contribution in [-0.2, 0) is 12.5 Å². The minimum atomic E-state index is -7.24. The van der Waals surface area contributed by atoms with E-state index in [1.54, 1.807) is 0 Å². The van der Waals surface area contributed by atoms with Gasteiger partial charge in [-0.1, -0.05) is 0 Å². The molecule has 2 N–H and O–H groups in total. The van der Waals surface area contributed by atoms with E-state index in [0.717, 1.165) is 0 Å². The number of aliphatic hydroxyl groups is 1. The molecule has 3 nitrogen and oxygen atoms in total. The molecule has 1 aromatic rings. The highest BCUT2D eigenvalue weighted by molar-refractivity contribution is 6.22. The summed E-state index contributed by atoms with van der Waals surface area (Å²) in [4.78, 5) is 0. The Morgan fingerprint density at radius 2 is 1.39 bits per heavy atom. The number of alkyl halides is 11. The van der Waals surface area contributed by atoms with E-state index in [2.05, 4.69) is 16.7 Å². The number of halogens is 11. The summed E-state index contributed by atoms with van der Waals surface area (Å²) >= 11 is 3.64. The first-order chi connectivity index (χ1) is 10.0. The maximum absolute atomic E-state index is 13.5. The Kier molecular flexibility index (Phi) is 4.65. The summed E-state index contributed by atoms with van der Waals surface area (Å²) in [6.45, 7) is -1.05. The summed E-state index contributed by atoms with van der Waals surface area (Å²) in [5.74, 6) is -27.3. The molecule has 0 saturated carbocycles. The molecular weight excluding hydrogens is 378 g/mol. The molecule has 0 saturated heterocycles. The van der Waals surface area contributed by atoms with Gasteiger partial charge in [-0.25, -0.2) is 0 Å². The van der Waals surface area contributed by atoms with Crippen molar-refractivity contribution in [3.05, 3.63) is 17.5 Å². The van der Waals surface area contributed by atoms with Gasteiger partial charge in [0.25, 0.3) is 0 Å². The van der Waals surface area contributed by atoms with Crippen LogP contribution in [0.5, 0.6) is 0 Å². The van der Waals surface area contributed by atoms with Crippen LogP contribution in [0.4, 0.5) is 43.9 Å². The molecule has 0 fully saturated rings. The molecule has 0 amide bonds. The first-order valence-electron chi connectivity index (χ1n) is 5.27. The molecule has 0 unspecified atom stereocenters.